The highest BCUT2D eigenvalue weighted by Crippen LogP contribution is 2.53. The third-order valence-corrected chi connectivity index (χ3v) is 5.83. The maximum absolute atomic E-state index is 13.4. The maximum atomic E-state index is 13.4. The molecule has 4 bridgehead atoms. The Hall–Kier alpha value is -1.09. The highest BCUT2D eigenvalue weighted by atomic mass is 19.1. The molecule has 0 atom stereocenters. The molecule has 5 rings (SSSR count). The van der Waals surface area contributed by atoms with Crippen molar-refractivity contribution in [2.45, 2.75) is 44.7 Å². The minimum atomic E-state index is -0.519. The van der Waals surface area contributed by atoms with Gasteiger partial charge in [-0.2, -0.15) is 0 Å². The van der Waals surface area contributed by atoms with Crippen LogP contribution in [0.4, 0.5) is 4.39 Å². The molecule has 0 aliphatic heterocycles. The highest BCUT2D eigenvalue weighted by Gasteiger charge is 2.47. The van der Waals surface area contributed by atoms with Gasteiger partial charge in [0.15, 0.2) is 11.6 Å². The van der Waals surface area contributed by atoms with E-state index in [0.717, 1.165) is 23.7 Å². The van der Waals surface area contributed by atoms with Crippen LogP contribution in [-0.2, 0) is 6.54 Å². The van der Waals surface area contributed by atoms with Crippen LogP contribution in [0.3, 0.4) is 0 Å². The van der Waals surface area contributed by atoms with Crippen molar-refractivity contribution in [3.63, 3.8) is 0 Å². The van der Waals surface area contributed by atoms with Gasteiger partial charge in [0, 0.05) is 18.2 Å². The molecular formula is C17H22FNO. The molecular weight excluding hydrogens is 253 g/mol. The second-order valence-electron chi connectivity index (χ2n) is 7.08. The van der Waals surface area contributed by atoms with Gasteiger partial charge in [0.05, 0.1) is 0 Å². The van der Waals surface area contributed by atoms with Gasteiger partial charge in [-0.15, -0.1) is 0 Å². The van der Waals surface area contributed by atoms with Gasteiger partial charge in [-0.05, 0) is 61.8 Å². The Morgan fingerprint density at radius 2 is 1.70 bits per heavy atom. The lowest BCUT2D eigenvalue weighted by Gasteiger charge is -2.54. The summed E-state index contributed by atoms with van der Waals surface area (Å²) in [5, 5.41) is 13.4. The lowest BCUT2D eigenvalue weighted by atomic mass is 9.54. The van der Waals surface area contributed by atoms with Crippen molar-refractivity contribution in [3.05, 3.63) is 29.6 Å². The van der Waals surface area contributed by atoms with Crippen molar-refractivity contribution < 1.29 is 9.50 Å². The third kappa shape index (κ3) is 2.03. The van der Waals surface area contributed by atoms with Gasteiger partial charge in [0.25, 0.3) is 0 Å². The second-order valence-corrected chi connectivity index (χ2v) is 7.08. The van der Waals surface area contributed by atoms with Crippen molar-refractivity contribution in [2.24, 2.45) is 23.7 Å². The molecule has 0 aromatic heterocycles. The first-order valence-corrected chi connectivity index (χ1v) is 7.90. The Labute approximate surface area is 119 Å². The lowest BCUT2D eigenvalue weighted by Crippen LogP contribution is -2.54. The van der Waals surface area contributed by atoms with E-state index in [1.54, 1.807) is 6.07 Å². The summed E-state index contributed by atoms with van der Waals surface area (Å²) in [6, 6.07) is 5.36. The average Bonchev–Trinajstić information content (AvgIpc) is 2.41. The number of aromatic hydroxyl groups is 1. The van der Waals surface area contributed by atoms with Gasteiger partial charge in [-0.3, -0.25) is 0 Å². The smallest absolute Gasteiger partial charge is 0.165 e. The molecule has 1 aromatic rings. The van der Waals surface area contributed by atoms with Crippen LogP contribution in [0.25, 0.3) is 0 Å². The molecule has 2 N–H and O–H groups in total. The molecule has 4 saturated carbocycles. The fourth-order valence-electron chi connectivity index (χ4n) is 5.19. The topological polar surface area (TPSA) is 32.3 Å². The Morgan fingerprint density at radius 1 is 1.05 bits per heavy atom. The lowest BCUT2D eigenvalue weighted by molar-refractivity contribution is -0.0143. The summed E-state index contributed by atoms with van der Waals surface area (Å²) in [5.41, 5.74) is 0.679. The van der Waals surface area contributed by atoms with Crippen LogP contribution in [0.5, 0.6) is 5.75 Å². The van der Waals surface area contributed by atoms with Crippen molar-refractivity contribution in [2.75, 3.05) is 0 Å². The molecule has 4 aliphatic carbocycles. The molecule has 0 unspecified atom stereocenters. The summed E-state index contributed by atoms with van der Waals surface area (Å²) in [6.45, 7) is 0.580. The Bertz CT molecular complexity index is 488. The summed E-state index contributed by atoms with van der Waals surface area (Å²) in [5.74, 6) is 2.85. The van der Waals surface area contributed by atoms with Gasteiger partial charge < -0.3 is 10.4 Å². The van der Waals surface area contributed by atoms with E-state index in [1.165, 1.54) is 38.2 Å². The van der Waals surface area contributed by atoms with E-state index in [1.807, 2.05) is 6.07 Å². The minimum absolute atomic E-state index is 0.191. The van der Waals surface area contributed by atoms with Gasteiger partial charge >= 0.3 is 0 Å². The predicted molar refractivity (Wildman–Crippen MR) is 75.7 cm³/mol. The molecule has 0 saturated heterocycles. The quantitative estimate of drug-likeness (QED) is 0.885. The minimum Gasteiger partial charge on any atom is -0.505 e. The molecule has 0 heterocycles. The highest BCUT2D eigenvalue weighted by molar-refractivity contribution is 5.33. The summed E-state index contributed by atoms with van der Waals surface area (Å²) in [7, 11) is 0. The van der Waals surface area contributed by atoms with E-state index in [9.17, 15) is 9.50 Å². The van der Waals surface area contributed by atoms with E-state index in [4.69, 9.17) is 0 Å². The van der Waals surface area contributed by atoms with Crippen LogP contribution >= 0.6 is 0 Å². The normalized spacial score (nSPS) is 38.4. The van der Waals surface area contributed by atoms with Crippen LogP contribution in [0.1, 0.15) is 37.7 Å². The van der Waals surface area contributed by atoms with E-state index >= 15 is 0 Å². The first-order valence-electron chi connectivity index (χ1n) is 7.90. The molecule has 2 nitrogen and oxygen atoms in total. The van der Waals surface area contributed by atoms with Crippen LogP contribution in [-0.4, -0.2) is 11.1 Å². The van der Waals surface area contributed by atoms with E-state index < -0.39 is 5.82 Å². The van der Waals surface area contributed by atoms with Crippen LogP contribution < -0.4 is 5.32 Å². The van der Waals surface area contributed by atoms with E-state index in [0.29, 0.717) is 18.2 Å². The van der Waals surface area contributed by atoms with Crippen LogP contribution in [0, 0.1) is 29.5 Å². The van der Waals surface area contributed by atoms with Crippen molar-refractivity contribution in [1.29, 1.82) is 0 Å². The number of para-hydroxylation sites is 1. The van der Waals surface area contributed by atoms with E-state index in [2.05, 4.69) is 5.32 Å². The number of phenols is 1. The van der Waals surface area contributed by atoms with Gasteiger partial charge in [-0.1, -0.05) is 12.1 Å². The number of benzene rings is 1. The fraction of sp³-hybridized carbons (Fsp3) is 0.647. The van der Waals surface area contributed by atoms with Crippen LogP contribution in [0.2, 0.25) is 0 Å². The standard InChI is InChI=1S/C17H22FNO/c18-15-3-1-2-12(17(15)20)9-19-16-13-5-10-4-11(7-13)8-14(16)6-10/h1-3,10-11,13-14,16,19-20H,4-9H2. The van der Waals surface area contributed by atoms with Crippen molar-refractivity contribution >= 4 is 0 Å². The number of phenolic OH excluding ortho intramolecular Hbond substituents is 1. The monoisotopic (exact) mass is 275 g/mol. The zero-order valence-electron chi connectivity index (χ0n) is 11.7. The van der Waals surface area contributed by atoms with E-state index in [-0.39, 0.29) is 5.75 Å². The first kappa shape index (κ1) is 12.6. The molecule has 0 spiro atoms. The van der Waals surface area contributed by atoms with Crippen LogP contribution in [0.15, 0.2) is 18.2 Å². The summed E-state index contributed by atoms with van der Waals surface area (Å²) in [4.78, 5) is 0. The molecule has 20 heavy (non-hydrogen) atoms. The zero-order valence-corrected chi connectivity index (χ0v) is 11.7. The molecule has 0 radical (unpaired) electrons. The zero-order chi connectivity index (χ0) is 13.7. The van der Waals surface area contributed by atoms with Gasteiger partial charge in [0.1, 0.15) is 0 Å². The molecule has 1 aromatic carbocycles. The molecule has 0 amide bonds. The number of hydrogen-bond acceptors (Lipinski definition) is 2. The van der Waals surface area contributed by atoms with Gasteiger partial charge in [0.2, 0.25) is 0 Å². The SMILES string of the molecule is Oc1c(F)cccc1CNC1C2CC3CC(C2)CC1C3. The summed E-state index contributed by atoms with van der Waals surface area (Å²) < 4.78 is 13.4. The molecule has 3 heteroatoms. The number of hydrogen-bond donors (Lipinski definition) is 2. The van der Waals surface area contributed by atoms with Crippen molar-refractivity contribution in [1.82, 2.24) is 5.32 Å². The van der Waals surface area contributed by atoms with Gasteiger partial charge in [-0.25, -0.2) is 4.39 Å². The third-order valence-electron chi connectivity index (χ3n) is 5.83. The van der Waals surface area contributed by atoms with Crippen molar-refractivity contribution in [3.8, 4) is 5.75 Å². The molecule has 4 aliphatic rings. The Morgan fingerprint density at radius 3 is 2.35 bits per heavy atom. The molecule has 108 valence electrons. The number of rotatable bonds is 3. The molecule has 4 fully saturated rings. The number of halogens is 1. The Kier molecular flexibility index (Phi) is 2.99. The maximum Gasteiger partial charge on any atom is 0.165 e. The predicted octanol–water partition coefficient (Wildman–Crippen LogP) is 3.45. The fourth-order valence-corrected chi connectivity index (χ4v) is 5.19. The first-order chi connectivity index (χ1) is 9.70. The second kappa shape index (κ2) is 4.73. The summed E-state index contributed by atoms with van der Waals surface area (Å²) >= 11 is 0. The Balaban J connectivity index is 1.46. The number of nitrogens with one attached hydrogen (secondary N) is 1. The average molecular weight is 275 g/mol. The largest absolute Gasteiger partial charge is 0.505 e. The summed E-state index contributed by atoms with van der Waals surface area (Å²) in [6.07, 6.45) is 6.96.